The Morgan fingerprint density at radius 1 is 1.50 bits per heavy atom. The predicted octanol–water partition coefficient (Wildman–Crippen LogP) is 2.38. The molecule has 20 heavy (non-hydrogen) atoms. The molecule has 1 saturated carbocycles. The highest BCUT2D eigenvalue weighted by atomic mass is 19.1. The lowest BCUT2D eigenvalue weighted by atomic mass is 9.99. The van der Waals surface area contributed by atoms with E-state index in [9.17, 15) is 9.18 Å². The maximum atomic E-state index is 13.1. The summed E-state index contributed by atoms with van der Waals surface area (Å²) in [7, 11) is 0. The first-order valence-corrected chi connectivity index (χ1v) is 7.27. The van der Waals surface area contributed by atoms with Crippen LogP contribution in [0, 0.1) is 11.7 Å². The zero-order valence-electron chi connectivity index (χ0n) is 11.9. The molecule has 1 unspecified atom stereocenters. The summed E-state index contributed by atoms with van der Waals surface area (Å²) in [6, 6.07) is 6.84. The lowest BCUT2D eigenvalue weighted by Crippen LogP contribution is -2.39. The van der Waals surface area contributed by atoms with Gasteiger partial charge in [-0.2, -0.15) is 0 Å². The molecule has 2 rings (SSSR count). The number of hydrogen-bond donors (Lipinski definition) is 1. The first kappa shape index (κ1) is 15.0. The number of aryl methyl sites for hydroxylation is 1. The molecule has 110 valence electrons. The Morgan fingerprint density at radius 3 is 2.85 bits per heavy atom. The minimum absolute atomic E-state index is 0.0128. The van der Waals surface area contributed by atoms with Gasteiger partial charge in [0.25, 0.3) is 0 Å². The summed E-state index contributed by atoms with van der Waals surface area (Å²) in [5.74, 6) is -0.218. The zero-order valence-corrected chi connectivity index (χ0v) is 11.9. The lowest BCUT2D eigenvalue weighted by molar-refractivity contribution is -0.136. The molecular formula is C16H22FNO2. The van der Waals surface area contributed by atoms with Gasteiger partial charge in [-0.15, -0.1) is 0 Å². The van der Waals surface area contributed by atoms with Crippen molar-refractivity contribution >= 4 is 5.91 Å². The van der Waals surface area contributed by atoms with Crippen LogP contribution < -0.4 is 0 Å². The van der Waals surface area contributed by atoms with Crippen molar-refractivity contribution in [3.8, 4) is 0 Å². The average molecular weight is 279 g/mol. The normalized spacial score (nSPS) is 15.9. The summed E-state index contributed by atoms with van der Waals surface area (Å²) in [4.78, 5) is 14.1. The van der Waals surface area contributed by atoms with Crippen LogP contribution in [-0.2, 0) is 11.2 Å². The molecule has 1 aromatic carbocycles. The number of carbonyl (C=O) groups is 1. The van der Waals surface area contributed by atoms with Crippen LogP contribution in [-0.4, -0.2) is 35.1 Å². The summed E-state index contributed by atoms with van der Waals surface area (Å²) in [5.41, 5.74) is 0.921. The van der Waals surface area contributed by atoms with Gasteiger partial charge in [-0.05, 0) is 43.4 Å². The van der Waals surface area contributed by atoms with E-state index in [0.29, 0.717) is 25.4 Å². The summed E-state index contributed by atoms with van der Waals surface area (Å²) in [6.45, 7) is 2.35. The minimum Gasteiger partial charge on any atom is -0.395 e. The van der Waals surface area contributed by atoms with Crippen molar-refractivity contribution in [3.63, 3.8) is 0 Å². The van der Waals surface area contributed by atoms with E-state index in [4.69, 9.17) is 5.11 Å². The number of carbonyl (C=O) groups excluding carboxylic acids is 1. The molecule has 1 amide bonds. The zero-order chi connectivity index (χ0) is 14.5. The number of halogens is 1. The highest BCUT2D eigenvalue weighted by molar-refractivity contribution is 5.79. The number of hydrogen-bond acceptors (Lipinski definition) is 2. The molecule has 1 N–H and O–H groups in total. The second-order valence-electron chi connectivity index (χ2n) is 5.56. The third-order valence-electron chi connectivity index (χ3n) is 3.79. The second kappa shape index (κ2) is 6.84. The summed E-state index contributed by atoms with van der Waals surface area (Å²) in [5, 5.41) is 9.05. The Bertz CT molecular complexity index is 460. The number of rotatable bonds is 7. The quantitative estimate of drug-likeness (QED) is 0.832. The van der Waals surface area contributed by atoms with Gasteiger partial charge in [-0.3, -0.25) is 4.79 Å². The number of amides is 1. The molecule has 0 aliphatic heterocycles. The van der Waals surface area contributed by atoms with Gasteiger partial charge in [0.2, 0.25) is 5.91 Å². The van der Waals surface area contributed by atoms with Gasteiger partial charge in [-0.1, -0.05) is 19.1 Å². The van der Waals surface area contributed by atoms with Crippen LogP contribution in [0.2, 0.25) is 0 Å². The Balaban J connectivity index is 1.87. The van der Waals surface area contributed by atoms with Crippen LogP contribution in [0.4, 0.5) is 4.39 Å². The fourth-order valence-electron chi connectivity index (χ4n) is 2.45. The first-order chi connectivity index (χ1) is 9.61. The molecule has 1 atom stereocenters. The van der Waals surface area contributed by atoms with Crippen LogP contribution in [0.1, 0.15) is 31.7 Å². The standard InChI is InChI=1S/C16H22FNO2/c1-12(5-6-13-3-2-4-14(17)11-13)16(20)18(9-10-19)15-7-8-15/h2-4,11-12,15,19H,5-10H2,1H3. The summed E-state index contributed by atoms with van der Waals surface area (Å²) in [6.07, 6.45) is 3.49. The molecule has 4 heteroatoms. The van der Waals surface area contributed by atoms with E-state index in [-0.39, 0.29) is 24.2 Å². The smallest absolute Gasteiger partial charge is 0.225 e. The monoisotopic (exact) mass is 279 g/mol. The van der Waals surface area contributed by atoms with Crippen LogP contribution in [0.25, 0.3) is 0 Å². The van der Waals surface area contributed by atoms with Crippen molar-refractivity contribution in [2.24, 2.45) is 5.92 Å². The van der Waals surface area contributed by atoms with Gasteiger partial charge in [0.05, 0.1) is 6.61 Å². The van der Waals surface area contributed by atoms with Gasteiger partial charge < -0.3 is 10.0 Å². The van der Waals surface area contributed by atoms with Gasteiger partial charge in [0.15, 0.2) is 0 Å². The van der Waals surface area contributed by atoms with Crippen LogP contribution >= 0.6 is 0 Å². The Morgan fingerprint density at radius 2 is 2.25 bits per heavy atom. The molecule has 1 aliphatic carbocycles. The van der Waals surface area contributed by atoms with Gasteiger partial charge in [0, 0.05) is 18.5 Å². The highest BCUT2D eigenvalue weighted by Gasteiger charge is 2.33. The maximum absolute atomic E-state index is 13.1. The topological polar surface area (TPSA) is 40.5 Å². The Labute approximate surface area is 119 Å². The fraction of sp³-hybridized carbons (Fsp3) is 0.562. The number of benzene rings is 1. The van der Waals surface area contributed by atoms with Crippen molar-refractivity contribution in [1.29, 1.82) is 0 Å². The van der Waals surface area contributed by atoms with Crippen molar-refractivity contribution in [3.05, 3.63) is 35.6 Å². The maximum Gasteiger partial charge on any atom is 0.225 e. The number of nitrogens with zero attached hydrogens (tertiary/aromatic N) is 1. The van der Waals surface area contributed by atoms with Gasteiger partial charge in [-0.25, -0.2) is 4.39 Å². The molecule has 3 nitrogen and oxygen atoms in total. The van der Waals surface area contributed by atoms with E-state index >= 15 is 0 Å². The Kier molecular flexibility index (Phi) is 5.12. The molecule has 0 bridgehead atoms. The van der Waals surface area contributed by atoms with Crippen LogP contribution in [0.5, 0.6) is 0 Å². The first-order valence-electron chi connectivity index (χ1n) is 7.27. The SMILES string of the molecule is CC(CCc1cccc(F)c1)C(=O)N(CCO)C1CC1. The molecule has 1 fully saturated rings. The molecular weight excluding hydrogens is 257 g/mol. The fourth-order valence-corrected chi connectivity index (χ4v) is 2.45. The van der Waals surface area contributed by atoms with Crippen molar-refractivity contribution in [2.45, 2.75) is 38.6 Å². The highest BCUT2D eigenvalue weighted by Crippen LogP contribution is 2.28. The predicted molar refractivity (Wildman–Crippen MR) is 75.7 cm³/mol. The van der Waals surface area contributed by atoms with E-state index in [2.05, 4.69) is 0 Å². The van der Waals surface area contributed by atoms with Crippen molar-refractivity contribution in [1.82, 2.24) is 4.90 Å². The van der Waals surface area contributed by atoms with Crippen LogP contribution in [0.15, 0.2) is 24.3 Å². The minimum atomic E-state index is -0.235. The van der Waals surface area contributed by atoms with Gasteiger partial charge >= 0.3 is 0 Å². The van der Waals surface area contributed by atoms with E-state index in [0.717, 1.165) is 18.4 Å². The third kappa shape index (κ3) is 4.04. The third-order valence-corrected chi connectivity index (χ3v) is 3.79. The molecule has 0 aromatic heterocycles. The summed E-state index contributed by atoms with van der Waals surface area (Å²) < 4.78 is 13.1. The number of aliphatic hydroxyl groups excluding tert-OH is 1. The molecule has 0 saturated heterocycles. The molecule has 0 spiro atoms. The second-order valence-corrected chi connectivity index (χ2v) is 5.56. The molecule has 1 aromatic rings. The van der Waals surface area contributed by atoms with Crippen molar-refractivity contribution < 1.29 is 14.3 Å². The largest absolute Gasteiger partial charge is 0.395 e. The molecule has 1 aliphatic rings. The Hall–Kier alpha value is -1.42. The van der Waals surface area contributed by atoms with E-state index in [1.54, 1.807) is 11.0 Å². The molecule has 0 radical (unpaired) electrons. The number of aliphatic hydroxyl groups is 1. The molecule has 0 heterocycles. The van der Waals surface area contributed by atoms with Gasteiger partial charge in [0.1, 0.15) is 5.82 Å². The lowest BCUT2D eigenvalue weighted by Gasteiger charge is -2.25. The summed E-state index contributed by atoms with van der Waals surface area (Å²) >= 11 is 0. The van der Waals surface area contributed by atoms with Crippen molar-refractivity contribution in [2.75, 3.05) is 13.2 Å². The average Bonchev–Trinajstić information content (AvgIpc) is 3.26. The van der Waals surface area contributed by atoms with E-state index in [1.807, 2.05) is 13.0 Å². The van der Waals surface area contributed by atoms with E-state index in [1.165, 1.54) is 12.1 Å². The van der Waals surface area contributed by atoms with Crippen LogP contribution in [0.3, 0.4) is 0 Å². The van der Waals surface area contributed by atoms with E-state index < -0.39 is 0 Å².